The van der Waals surface area contributed by atoms with Gasteiger partial charge < -0.3 is 15.4 Å². The van der Waals surface area contributed by atoms with E-state index < -0.39 is 0 Å². The topological polar surface area (TPSA) is 68.2 Å². The molecule has 0 bridgehead atoms. The van der Waals surface area contributed by atoms with Crippen LogP contribution in [0.1, 0.15) is 19.5 Å². The van der Waals surface area contributed by atoms with Crippen LogP contribution in [0.4, 0.5) is 0 Å². The molecule has 1 aliphatic heterocycles. The van der Waals surface area contributed by atoms with Crippen molar-refractivity contribution in [1.29, 1.82) is 0 Å². The molecule has 1 saturated heterocycles. The maximum atomic E-state index is 12.5. The number of fused-ring (bicyclic) bond motifs is 1. The van der Waals surface area contributed by atoms with Crippen LogP contribution in [0.2, 0.25) is 5.02 Å². The zero-order valence-electron chi connectivity index (χ0n) is 14.9. The van der Waals surface area contributed by atoms with E-state index in [-0.39, 0.29) is 17.2 Å². The van der Waals surface area contributed by atoms with Crippen LogP contribution in [0.15, 0.2) is 18.2 Å². The van der Waals surface area contributed by atoms with Crippen molar-refractivity contribution in [3.8, 4) is 0 Å². The van der Waals surface area contributed by atoms with E-state index in [1.807, 2.05) is 25.2 Å². The van der Waals surface area contributed by atoms with Crippen LogP contribution in [0.3, 0.4) is 0 Å². The third-order valence-electron chi connectivity index (χ3n) is 4.66. The molecule has 2 heterocycles. The summed E-state index contributed by atoms with van der Waals surface area (Å²) in [7, 11) is 1.89. The van der Waals surface area contributed by atoms with Gasteiger partial charge in [-0.15, -0.1) is 0 Å². The lowest BCUT2D eigenvalue weighted by Gasteiger charge is -2.25. The second-order valence-electron chi connectivity index (χ2n) is 7.19. The van der Waals surface area contributed by atoms with Gasteiger partial charge in [0.05, 0.1) is 35.4 Å². The molecule has 136 valence electrons. The van der Waals surface area contributed by atoms with E-state index in [0.717, 1.165) is 23.1 Å². The summed E-state index contributed by atoms with van der Waals surface area (Å²) < 4.78 is 7.27. The van der Waals surface area contributed by atoms with Crippen molar-refractivity contribution in [3.63, 3.8) is 0 Å². The molecular formula is C18H25ClN4O2. The minimum atomic E-state index is -0.321. The Kier molecular flexibility index (Phi) is 5.32. The summed E-state index contributed by atoms with van der Waals surface area (Å²) in [6.07, 6.45) is 0. The van der Waals surface area contributed by atoms with E-state index in [9.17, 15) is 4.79 Å². The summed E-state index contributed by atoms with van der Waals surface area (Å²) in [5.41, 5.74) is 1.53. The summed E-state index contributed by atoms with van der Waals surface area (Å²) in [6, 6.07) is 5.82. The Morgan fingerprint density at radius 2 is 2.32 bits per heavy atom. The molecule has 1 atom stereocenters. The lowest BCUT2D eigenvalue weighted by molar-refractivity contribution is -0.126. The minimum absolute atomic E-state index is 0.0146. The predicted molar refractivity (Wildman–Crippen MR) is 98.9 cm³/mol. The van der Waals surface area contributed by atoms with Crippen molar-refractivity contribution in [3.05, 3.63) is 28.9 Å². The van der Waals surface area contributed by atoms with Crippen LogP contribution in [0.5, 0.6) is 0 Å². The van der Waals surface area contributed by atoms with Crippen molar-refractivity contribution in [2.45, 2.75) is 19.3 Å². The van der Waals surface area contributed by atoms with Gasteiger partial charge in [-0.25, -0.2) is 0 Å². The Morgan fingerprint density at radius 1 is 1.52 bits per heavy atom. The number of nitrogens with one attached hydrogen (secondary N) is 2. The molecule has 0 saturated carbocycles. The van der Waals surface area contributed by atoms with E-state index in [1.165, 1.54) is 0 Å². The fourth-order valence-corrected chi connectivity index (χ4v) is 3.50. The Labute approximate surface area is 152 Å². The molecule has 1 aromatic carbocycles. The second-order valence-corrected chi connectivity index (χ2v) is 7.59. The Bertz CT molecular complexity index is 764. The van der Waals surface area contributed by atoms with E-state index in [1.54, 1.807) is 4.68 Å². The number of ether oxygens (including phenoxy) is 1. The molecule has 2 aromatic rings. The number of hydrogen-bond acceptors (Lipinski definition) is 4. The molecular weight excluding hydrogens is 340 g/mol. The first-order valence-corrected chi connectivity index (χ1v) is 8.96. The summed E-state index contributed by atoms with van der Waals surface area (Å²) in [5.74, 6) is -0.144. The number of halogens is 1. The van der Waals surface area contributed by atoms with Crippen molar-refractivity contribution < 1.29 is 9.53 Å². The largest absolute Gasteiger partial charge is 0.379 e. The highest BCUT2D eigenvalue weighted by Gasteiger charge is 2.29. The number of nitrogens with zero attached hydrogens (tertiary/aromatic N) is 2. The van der Waals surface area contributed by atoms with Gasteiger partial charge in [0.2, 0.25) is 5.91 Å². The molecule has 0 spiro atoms. The maximum absolute atomic E-state index is 12.5. The average molecular weight is 365 g/mol. The van der Waals surface area contributed by atoms with Gasteiger partial charge >= 0.3 is 0 Å². The third-order valence-corrected chi connectivity index (χ3v) is 4.97. The van der Waals surface area contributed by atoms with Crippen molar-refractivity contribution >= 4 is 28.4 Å². The number of carbonyl (C=O) groups is 1. The third kappa shape index (κ3) is 3.81. The lowest BCUT2D eigenvalue weighted by atomic mass is 9.87. The number of benzene rings is 1. The van der Waals surface area contributed by atoms with Crippen molar-refractivity contribution in [2.24, 2.45) is 13.0 Å². The molecule has 3 rings (SSSR count). The molecule has 2 N–H and O–H groups in total. The van der Waals surface area contributed by atoms with E-state index in [4.69, 9.17) is 16.3 Å². The van der Waals surface area contributed by atoms with Gasteiger partial charge in [-0.3, -0.25) is 9.48 Å². The zero-order valence-corrected chi connectivity index (χ0v) is 15.7. The molecule has 0 aliphatic carbocycles. The minimum Gasteiger partial charge on any atom is -0.379 e. The predicted octanol–water partition coefficient (Wildman–Crippen LogP) is 1.86. The summed E-state index contributed by atoms with van der Waals surface area (Å²) in [6.45, 7) is 7.21. The van der Waals surface area contributed by atoms with Gasteiger partial charge in [0, 0.05) is 37.5 Å². The monoisotopic (exact) mass is 364 g/mol. The van der Waals surface area contributed by atoms with Gasteiger partial charge in [-0.2, -0.15) is 5.10 Å². The average Bonchev–Trinajstić information content (AvgIpc) is 2.76. The van der Waals surface area contributed by atoms with Gasteiger partial charge in [0.15, 0.2) is 0 Å². The molecule has 25 heavy (non-hydrogen) atoms. The maximum Gasteiger partial charge on any atom is 0.226 e. The summed E-state index contributed by atoms with van der Waals surface area (Å²) in [4.78, 5) is 12.5. The Morgan fingerprint density at radius 3 is 3.12 bits per heavy atom. The number of aromatic nitrogens is 2. The van der Waals surface area contributed by atoms with Crippen molar-refractivity contribution in [2.75, 3.05) is 32.8 Å². The number of amides is 1. The zero-order chi connectivity index (χ0) is 18.0. The Hall–Kier alpha value is -1.63. The van der Waals surface area contributed by atoms with Gasteiger partial charge in [0.25, 0.3) is 0 Å². The van der Waals surface area contributed by atoms with Crippen LogP contribution >= 0.6 is 11.6 Å². The smallest absolute Gasteiger partial charge is 0.226 e. The van der Waals surface area contributed by atoms with Crippen LogP contribution in [0, 0.1) is 5.92 Å². The second kappa shape index (κ2) is 7.32. The lowest BCUT2D eigenvalue weighted by Crippen LogP contribution is -2.43. The van der Waals surface area contributed by atoms with Gasteiger partial charge in [-0.1, -0.05) is 37.6 Å². The SMILES string of the molecule is Cn1nc(C(C)(C)CNC(=O)C2CNCCOC2)c2cccc(Cl)c21. The number of aryl methyl sites for hydroxylation is 1. The summed E-state index contributed by atoms with van der Waals surface area (Å²) >= 11 is 6.32. The first kappa shape index (κ1) is 18.2. The molecule has 1 aliphatic rings. The fraction of sp³-hybridized carbons (Fsp3) is 0.556. The molecule has 7 heteroatoms. The number of carbonyl (C=O) groups excluding carboxylic acids is 1. The molecule has 1 unspecified atom stereocenters. The number of rotatable bonds is 4. The van der Waals surface area contributed by atoms with E-state index in [0.29, 0.717) is 31.3 Å². The normalized spacial score (nSPS) is 19.0. The highest BCUT2D eigenvalue weighted by Crippen LogP contribution is 2.32. The molecule has 0 radical (unpaired) electrons. The number of para-hydroxylation sites is 1. The Balaban J connectivity index is 1.76. The standard InChI is InChI=1S/C18H25ClN4O2/c1-18(2,11-21-17(24)12-9-20-7-8-25-10-12)16-13-5-4-6-14(19)15(13)23(3)22-16/h4-6,12,20H,7-11H2,1-3H3,(H,21,24). The number of hydrogen-bond donors (Lipinski definition) is 2. The first-order chi connectivity index (χ1) is 11.9. The fourth-order valence-electron chi connectivity index (χ4n) is 3.20. The highest BCUT2D eigenvalue weighted by molar-refractivity contribution is 6.35. The molecule has 6 nitrogen and oxygen atoms in total. The quantitative estimate of drug-likeness (QED) is 0.868. The van der Waals surface area contributed by atoms with E-state index >= 15 is 0 Å². The van der Waals surface area contributed by atoms with Crippen molar-refractivity contribution in [1.82, 2.24) is 20.4 Å². The van der Waals surface area contributed by atoms with Crippen LogP contribution in [-0.2, 0) is 22.0 Å². The summed E-state index contributed by atoms with van der Waals surface area (Å²) in [5, 5.41) is 12.7. The first-order valence-electron chi connectivity index (χ1n) is 8.58. The van der Waals surface area contributed by atoms with Gasteiger partial charge in [0.1, 0.15) is 0 Å². The van der Waals surface area contributed by atoms with Crippen LogP contribution in [-0.4, -0.2) is 48.5 Å². The van der Waals surface area contributed by atoms with E-state index in [2.05, 4.69) is 29.6 Å². The van der Waals surface area contributed by atoms with Crippen LogP contribution < -0.4 is 10.6 Å². The molecule has 1 amide bonds. The van der Waals surface area contributed by atoms with Gasteiger partial charge in [-0.05, 0) is 6.07 Å². The molecule has 1 fully saturated rings. The van der Waals surface area contributed by atoms with Crippen LogP contribution in [0.25, 0.3) is 10.9 Å². The molecule has 1 aromatic heterocycles. The highest BCUT2D eigenvalue weighted by atomic mass is 35.5.